The molecule has 34 heavy (non-hydrogen) atoms. The van der Waals surface area contributed by atoms with Crippen LogP contribution in [-0.4, -0.2) is 88.3 Å². The maximum atomic E-state index is 12.9. The van der Waals surface area contributed by atoms with E-state index in [1.165, 1.54) is 6.92 Å². The Morgan fingerprint density at radius 2 is 1.41 bits per heavy atom. The number of nitrogens with two attached hydrogens (primary N) is 4. The van der Waals surface area contributed by atoms with Gasteiger partial charge in [-0.1, -0.05) is 0 Å². The molecule has 0 aromatic heterocycles. The Kier molecular flexibility index (Phi) is 14.2. The highest BCUT2D eigenvalue weighted by Crippen LogP contribution is 2.05. The highest BCUT2D eigenvalue weighted by atomic mass is 32.1. The number of hydrogen-bond donors (Lipinski definition) is 10. The summed E-state index contributed by atoms with van der Waals surface area (Å²) in [7, 11) is 0. The first-order chi connectivity index (χ1) is 15.8. The summed E-state index contributed by atoms with van der Waals surface area (Å²) in [6.45, 7) is 1.43. The molecule has 0 saturated heterocycles. The van der Waals surface area contributed by atoms with Gasteiger partial charge in [0.25, 0.3) is 0 Å². The van der Waals surface area contributed by atoms with Crippen LogP contribution >= 0.6 is 12.6 Å². The maximum Gasteiger partial charge on any atom is 0.327 e. The van der Waals surface area contributed by atoms with E-state index in [2.05, 4.69) is 33.6 Å². The Labute approximate surface area is 201 Å². The minimum Gasteiger partial charge on any atom is -0.480 e. The molecule has 0 aromatic rings. The van der Waals surface area contributed by atoms with Gasteiger partial charge in [0, 0.05) is 18.7 Å². The van der Waals surface area contributed by atoms with Crippen molar-refractivity contribution in [3.8, 4) is 0 Å². The zero-order valence-corrected chi connectivity index (χ0v) is 19.7. The molecule has 0 aromatic carbocycles. The van der Waals surface area contributed by atoms with Gasteiger partial charge in [-0.15, -0.1) is 0 Å². The summed E-state index contributed by atoms with van der Waals surface area (Å²) >= 11 is 3.86. The van der Waals surface area contributed by atoms with Gasteiger partial charge in [0.2, 0.25) is 23.6 Å². The van der Waals surface area contributed by atoms with Crippen molar-refractivity contribution in [2.45, 2.75) is 62.9 Å². The number of nitrogens with zero attached hydrogens (tertiary/aromatic N) is 1. The Hall–Kier alpha value is -3.11. The zero-order valence-electron chi connectivity index (χ0n) is 18.8. The summed E-state index contributed by atoms with van der Waals surface area (Å²) < 4.78 is 0. The molecule has 0 radical (unpaired) electrons. The second-order valence-electron chi connectivity index (χ2n) is 7.42. The highest BCUT2D eigenvalue weighted by molar-refractivity contribution is 7.80. The molecule has 0 saturated carbocycles. The predicted molar refractivity (Wildman–Crippen MR) is 125 cm³/mol. The average Bonchev–Trinajstić information content (AvgIpc) is 2.75. The molecule has 0 fully saturated rings. The molecule has 0 aliphatic heterocycles. The number of amides is 4. The van der Waals surface area contributed by atoms with Crippen molar-refractivity contribution in [1.82, 2.24) is 16.0 Å². The first-order valence-corrected chi connectivity index (χ1v) is 11.0. The Bertz CT molecular complexity index is 761. The molecule has 0 rings (SSSR count). The number of thiol groups is 1. The molecule has 4 amide bonds. The number of aliphatic carboxylic acids is 1. The molecule has 0 aliphatic rings. The molecule has 16 heteroatoms. The van der Waals surface area contributed by atoms with Gasteiger partial charge in [-0.05, 0) is 26.2 Å². The van der Waals surface area contributed by atoms with E-state index in [1.807, 2.05) is 0 Å². The predicted octanol–water partition coefficient (Wildman–Crippen LogP) is -4.52. The largest absolute Gasteiger partial charge is 0.480 e. The third-order valence-corrected chi connectivity index (χ3v) is 4.88. The normalized spacial score (nSPS) is 15.1. The van der Waals surface area contributed by atoms with Crippen molar-refractivity contribution in [2.24, 2.45) is 27.9 Å². The van der Waals surface area contributed by atoms with Crippen LogP contribution in [0.15, 0.2) is 4.99 Å². The molecule has 15 nitrogen and oxygen atoms in total. The summed E-state index contributed by atoms with van der Waals surface area (Å²) in [5.41, 5.74) is 21.2. The zero-order chi connectivity index (χ0) is 26.4. The maximum absolute atomic E-state index is 12.9. The fourth-order valence-electron chi connectivity index (χ4n) is 2.54. The number of guanidine groups is 1. The van der Waals surface area contributed by atoms with E-state index in [0.29, 0.717) is 0 Å². The third-order valence-electron chi connectivity index (χ3n) is 4.51. The number of aliphatic hydroxyl groups excluding tert-OH is 1. The minimum absolute atomic E-state index is 0.0272. The van der Waals surface area contributed by atoms with Crippen LogP contribution in [0.5, 0.6) is 0 Å². The molecule has 5 atom stereocenters. The molecule has 5 unspecified atom stereocenters. The van der Waals surface area contributed by atoms with Crippen LogP contribution in [0.2, 0.25) is 0 Å². The summed E-state index contributed by atoms with van der Waals surface area (Å²) in [6.07, 6.45) is -1.44. The Balaban J connectivity index is 5.58. The SMILES string of the molecule is CC(O)C(N)C(=O)NC(CCCN=C(N)N)C(=O)NC(CCC(N)=O)C(=O)NC(CS)C(=O)O. The fraction of sp³-hybridized carbons (Fsp3) is 0.667. The van der Waals surface area contributed by atoms with Crippen LogP contribution in [0.1, 0.15) is 32.6 Å². The molecule has 0 bridgehead atoms. The van der Waals surface area contributed by atoms with Crippen LogP contribution in [0, 0.1) is 0 Å². The van der Waals surface area contributed by atoms with Gasteiger partial charge >= 0.3 is 5.97 Å². The number of carbonyl (C=O) groups excluding carboxylic acids is 4. The van der Waals surface area contributed by atoms with Crippen LogP contribution in [0.25, 0.3) is 0 Å². The molecular weight excluding hydrogens is 472 g/mol. The number of carbonyl (C=O) groups is 5. The third kappa shape index (κ3) is 12.2. The lowest BCUT2D eigenvalue weighted by atomic mass is 10.1. The monoisotopic (exact) mass is 506 g/mol. The van der Waals surface area contributed by atoms with Gasteiger partial charge < -0.3 is 49.1 Å². The average molecular weight is 507 g/mol. The van der Waals surface area contributed by atoms with E-state index in [9.17, 15) is 29.1 Å². The van der Waals surface area contributed by atoms with E-state index >= 15 is 0 Å². The second kappa shape index (κ2) is 15.7. The van der Waals surface area contributed by atoms with Crippen molar-refractivity contribution in [3.63, 3.8) is 0 Å². The van der Waals surface area contributed by atoms with E-state index < -0.39 is 59.9 Å². The summed E-state index contributed by atoms with van der Waals surface area (Å²) in [5.74, 6) is -5.02. The summed E-state index contributed by atoms with van der Waals surface area (Å²) in [6, 6.07) is -5.23. The molecular formula is C18H34N8O7S. The van der Waals surface area contributed by atoms with E-state index in [-0.39, 0.29) is 43.9 Å². The van der Waals surface area contributed by atoms with Crippen LogP contribution in [0.4, 0.5) is 0 Å². The molecule has 194 valence electrons. The lowest BCUT2D eigenvalue weighted by molar-refractivity contribution is -0.141. The number of aliphatic hydroxyl groups is 1. The van der Waals surface area contributed by atoms with Crippen molar-refractivity contribution in [3.05, 3.63) is 0 Å². The number of hydrogen-bond acceptors (Lipinski definition) is 9. The number of nitrogens with one attached hydrogen (secondary N) is 3. The van der Waals surface area contributed by atoms with Gasteiger partial charge in [-0.25, -0.2) is 4.79 Å². The number of rotatable bonds is 16. The van der Waals surface area contributed by atoms with Gasteiger partial charge in [-0.2, -0.15) is 12.6 Å². The van der Waals surface area contributed by atoms with Gasteiger partial charge in [0.15, 0.2) is 5.96 Å². The number of carboxylic acid groups (broad SMARTS) is 1. The van der Waals surface area contributed by atoms with Crippen LogP contribution in [0.3, 0.4) is 0 Å². The number of aliphatic imine (C=N–C) groups is 1. The quantitative estimate of drug-likeness (QED) is 0.0414. The van der Waals surface area contributed by atoms with Gasteiger partial charge in [0.1, 0.15) is 24.2 Å². The van der Waals surface area contributed by atoms with Gasteiger partial charge in [-0.3, -0.25) is 24.2 Å². The molecule has 0 spiro atoms. The van der Waals surface area contributed by atoms with Crippen molar-refractivity contribution >= 4 is 48.2 Å². The smallest absolute Gasteiger partial charge is 0.327 e. The van der Waals surface area contributed by atoms with Crippen molar-refractivity contribution < 1.29 is 34.2 Å². The lowest BCUT2D eigenvalue weighted by Crippen LogP contribution is -2.58. The van der Waals surface area contributed by atoms with E-state index in [4.69, 9.17) is 28.0 Å². The second-order valence-corrected chi connectivity index (χ2v) is 7.79. The van der Waals surface area contributed by atoms with Gasteiger partial charge in [0.05, 0.1) is 6.10 Å². The highest BCUT2D eigenvalue weighted by Gasteiger charge is 2.30. The summed E-state index contributed by atoms with van der Waals surface area (Å²) in [4.78, 5) is 63.9. The lowest BCUT2D eigenvalue weighted by Gasteiger charge is -2.25. The van der Waals surface area contributed by atoms with Crippen molar-refractivity contribution in [1.29, 1.82) is 0 Å². The molecule has 13 N–H and O–H groups in total. The van der Waals surface area contributed by atoms with E-state index in [1.54, 1.807) is 0 Å². The fourth-order valence-corrected chi connectivity index (χ4v) is 2.79. The van der Waals surface area contributed by atoms with Crippen LogP contribution in [-0.2, 0) is 24.0 Å². The van der Waals surface area contributed by atoms with Crippen molar-refractivity contribution in [2.75, 3.05) is 12.3 Å². The first kappa shape index (κ1) is 30.9. The number of carboxylic acids is 1. The Morgan fingerprint density at radius 1 is 0.912 bits per heavy atom. The standard InChI is InChI=1S/C18H34N8O7S/c1-8(27)13(20)16(31)25-9(3-2-6-23-18(21)22)14(29)24-10(4-5-12(19)28)15(30)26-11(7-34)17(32)33/h8-11,13,27,34H,2-7,20H2,1H3,(H2,19,28)(H,24,29)(H,25,31)(H,26,30)(H,32,33)(H4,21,22,23). The topological polar surface area (TPSA) is 278 Å². The molecule has 0 heterocycles. The van der Waals surface area contributed by atoms with Crippen LogP contribution < -0.4 is 38.9 Å². The Morgan fingerprint density at radius 3 is 1.85 bits per heavy atom. The molecule has 0 aliphatic carbocycles. The first-order valence-electron chi connectivity index (χ1n) is 10.3. The number of primary amides is 1. The van der Waals surface area contributed by atoms with E-state index in [0.717, 1.165) is 0 Å². The minimum atomic E-state index is -1.35. The summed E-state index contributed by atoms with van der Waals surface area (Å²) in [5, 5.41) is 25.6.